The lowest BCUT2D eigenvalue weighted by molar-refractivity contribution is 0.432. The molecule has 3 aromatic rings. The van der Waals surface area contributed by atoms with Crippen molar-refractivity contribution in [2.45, 2.75) is 19.3 Å². The molecule has 0 fully saturated rings. The zero-order chi connectivity index (χ0) is 13.5. The standard InChI is InChI=1S/C13H11N5OS/c14-11-10(7-2-1-3-9(7)20-11)13-17-12(18-19-13)8-4-5-15-6-16-8/h4-6H,1-3,14H2. The maximum Gasteiger partial charge on any atom is 0.261 e. The molecule has 7 heteroatoms. The lowest BCUT2D eigenvalue weighted by atomic mass is 10.1. The molecule has 0 saturated carbocycles. The fourth-order valence-corrected chi connectivity index (χ4v) is 3.66. The van der Waals surface area contributed by atoms with Gasteiger partial charge in [0.15, 0.2) is 0 Å². The summed E-state index contributed by atoms with van der Waals surface area (Å²) >= 11 is 1.63. The molecule has 3 heterocycles. The van der Waals surface area contributed by atoms with Gasteiger partial charge in [0.25, 0.3) is 5.89 Å². The molecule has 3 aromatic heterocycles. The van der Waals surface area contributed by atoms with E-state index in [2.05, 4.69) is 20.1 Å². The smallest absolute Gasteiger partial charge is 0.261 e. The van der Waals surface area contributed by atoms with E-state index in [0.29, 0.717) is 17.4 Å². The number of hydrogen-bond acceptors (Lipinski definition) is 7. The van der Waals surface area contributed by atoms with Crippen LogP contribution in [0.25, 0.3) is 23.0 Å². The molecule has 1 aliphatic rings. The molecule has 2 N–H and O–H groups in total. The number of nitrogens with two attached hydrogens (primary N) is 1. The number of rotatable bonds is 2. The number of thiophene rings is 1. The van der Waals surface area contributed by atoms with Crippen LogP contribution in [-0.2, 0) is 12.8 Å². The SMILES string of the molecule is Nc1sc2c(c1-c1nc(-c3ccncn3)no1)CCC2. The van der Waals surface area contributed by atoms with Crippen LogP contribution >= 0.6 is 11.3 Å². The van der Waals surface area contributed by atoms with Crippen molar-refractivity contribution in [3.05, 3.63) is 29.0 Å². The van der Waals surface area contributed by atoms with Gasteiger partial charge in [-0.3, -0.25) is 0 Å². The Labute approximate surface area is 118 Å². The second-order valence-electron chi connectivity index (χ2n) is 4.61. The van der Waals surface area contributed by atoms with Gasteiger partial charge in [-0.05, 0) is 30.9 Å². The number of hydrogen-bond donors (Lipinski definition) is 1. The van der Waals surface area contributed by atoms with Gasteiger partial charge in [-0.15, -0.1) is 11.3 Å². The molecule has 0 saturated heterocycles. The van der Waals surface area contributed by atoms with E-state index < -0.39 is 0 Å². The Morgan fingerprint density at radius 3 is 3.10 bits per heavy atom. The van der Waals surface area contributed by atoms with Crippen molar-refractivity contribution in [1.82, 2.24) is 20.1 Å². The Hall–Kier alpha value is -2.28. The van der Waals surface area contributed by atoms with E-state index >= 15 is 0 Å². The van der Waals surface area contributed by atoms with Crippen molar-refractivity contribution in [3.8, 4) is 23.0 Å². The average Bonchev–Trinajstić information content (AvgIpc) is 3.15. The van der Waals surface area contributed by atoms with Gasteiger partial charge in [-0.25, -0.2) is 9.97 Å². The minimum absolute atomic E-state index is 0.458. The molecular weight excluding hydrogens is 274 g/mol. The second-order valence-corrected chi connectivity index (χ2v) is 5.75. The van der Waals surface area contributed by atoms with Crippen LogP contribution in [0.15, 0.2) is 23.1 Å². The van der Waals surface area contributed by atoms with Crippen LogP contribution in [-0.4, -0.2) is 20.1 Å². The quantitative estimate of drug-likeness (QED) is 0.777. The van der Waals surface area contributed by atoms with E-state index in [1.807, 2.05) is 0 Å². The van der Waals surface area contributed by atoms with Crippen molar-refractivity contribution < 1.29 is 4.52 Å². The van der Waals surface area contributed by atoms with Gasteiger partial charge in [0.1, 0.15) is 12.0 Å². The van der Waals surface area contributed by atoms with Gasteiger partial charge in [0.2, 0.25) is 5.82 Å². The average molecular weight is 285 g/mol. The third kappa shape index (κ3) is 1.70. The molecule has 100 valence electrons. The lowest BCUT2D eigenvalue weighted by Crippen LogP contribution is -1.89. The summed E-state index contributed by atoms with van der Waals surface area (Å²) in [5, 5.41) is 4.74. The number of fused-ring (bicyclic) bond motifs is 1. The van der Waals surface area contributed by atoms with E-state index in [0.717, 1.165) is 23.4 Å². The predicted octanol–water partition coefficient (Wildman–Crippen LogP) is 2.33. The Morgan fingerprint density at radius 2 is 2.25 bits per heavy atom. The zero-order valence-electron chi connectivity index (χ0n) is 10.5. The van der Waals surface area contributed by atoms with Crippen LogP contribution in [0, 0.1) is 0 Å². The van der Waals surface area contributed by atoms with Gasteiger partial charge >= 0.3 is 0 Å². The van der Waals surface area contributed by atoms with Crippen LogP contribution in [0.3, 0.4) is 0 Å². The predicted molar refractivity (Wildman–Crippen MR) is 75.1 cm³/mol. The minimum atomic E-state index is 0.458. The van der Waals surface area contributed by atoms with Crippen molar-refractivity contribution in [1.29, 1.82) is 0 Å². The van der Waals surface area contributed by atoms with Crippen molar-refractivity contribution in [3.63, 3.8) is 0 Å². The van der Waals surface area contributed by atoms with Crippen LogP contribution in [0.4, 0.5) is 5.00 Å². The van der Waals surface area contributed by atoms with Crippen LogP contribution in [0.5, 0.6) is 0 Å². The van der Waals surface area contributed by atoms with E-state index in [9.17, 15) is 0 Å². The van der Waals surface area contributed by atoms with Gasteiger partial charge in [-0.2, -0.15) is 4.98 Å². The maximum atomic E-state index is 6.10. The summed E-state index contributed by atoms with van der Waals surface area (Å²) in [5.41, 5.74) is 8.92. The monoisotopic (exact) mass is 285 g/mol. The fraction of sp³-hybridized carbons (Fsp3) is 0.231. The fourth-order valence-electron chi connectivity index (χ4n) is 2.51. The molecule has 0 amide bonds. The Kier molecular flexibility index (Phi) is 2.53. The first-order valence-electron chi connectivity index (χ1n) is 6.33. The molecule has 0 radical (unpaired) electrons. The summed E-state index contributed by atoms with van der Waals surface area (Å²) in [5.74, 6) is 0.940. The van der Waals surface area contributed by atoms with Crippen molar-refractivity contribution in [2.75, 3.05) is 5.73 Å². The normalized spacial score (nSPS) is 13.6. The highest BCUT2D eigenvalue weighted by molar-refractivity contribution is 7.16. The molecule has 20 heavy (non-hydrogen) atoms. The second kappa shape index (κ2) is 4.38. The molecule has 0 aliphatic heterocycles. The highest BCUT2D eigenvalue weighted by Crippen LogP contribution is 2.42. The van der Waals surface area contributed by atoms with Crippen molar-refractivity contribution in [2.24, 2.45) is 0 Å². The summed E-state index contributed by atoms with van der Waals surface area (Å²) in [6.07, 6.45) is 6.40. The summed E-state index contributed by atoms with van der Waals surface area (Å²) in [6.45, 7) is 0. The summed E-state index contributed by atoms with van der Waals surface area (Å²) in [7, 11) is 0. The molecule has 1 aliphatic carbocycles. The molecule has 0 aromatic carbocycles. The van der Waals surface area contributed by atoms with E-state index in [-0.39, 0.29) is 0 Å². The highest BCUT2D eigenvalue weighted by Gasteiger charge is 2.25. The molecule has 0 bridgehead atoms. The third-order valence-electron chi connectivity index (χ3n) is 3.40. The van der Waals surface area contributed by atoms with Crippen LogP contribution in [0.1, 0.15) is 16.9 Å². The van der Waals surface area contributed by atoms with E-state index in [1.54, 1.807) is 23.6 Å². The summed E-state index contributed by atoms with van der Waals surface area (Å²) in [6, 6.07) is 1.75. The first-order chi connectivity index (χ1) is 9.83. The number of aryl methyl sites for hydroxylation is 1. The van der Waals surface area contributed by atoms with Gasteiger partial charge in [0, 0.05) is 11.1 Å². The number of anilines is 1. The van der Waals surface area contributed by atoms with Crippen molar-refractivity contribution >= 4 is 16.3 Å². The molecule has 0 spiro atoms. The number of aromatic nitrogens is 4. The minimum Gasteiger partial charge on any atom is -0.390 e. The Bertz CT molecular complexity index is 764. The lowest BCUT2D eigenvalue weighted by Gasteiger charge is -1.96. The largest absolute Gasteiger partial charge is 0.390 e. The van der Waals surface area contributed by atoms with E-state index in [1.165, 1.54) is 23.2 Å². The Morgan fingerprint density at radius 1 is 1.30 bits per heavy atom. The number of nitrogens with zero attached hydrogens (tertiary/aromatic N) is 4. The van der Waals surface area contributed by atoms with Gasteiger partial charge in [-0.1, -0.05) is 5.16 Å². The molecule has 0 unspecified atom stereocenters. The first kappa shape index (κ1) is 11.5. The molecule has 4 rings (SSSR count). The highest BCUT2D eigenvalue weighted by atomic mass is 32.1. The summed E-state index contributed by atoms with van der Waals surface area (Å²) in [4.78, 5) is 13.8. The third-order valence-corrected chi connectivity index (χ3v) is 4.52. The van der Waals surface area contributed by atoms with E-state index in [4.69, 9.17) is 10.3 Å². The topological polar surface area (TPSA) is 90.7 Å². The molecular formula is C13H11N5OS. The zero-order valence-corrected chi connectivity index (χ0v) is 11.4. The summed E-state index contributed by atoms with van der Waals surface area (Å²) < 4.78 is 5.37. The molecule has 6 nitrogen and oxygen atoms in total. The Balaban J connectivity index is 1.80. The van der Waals surface area contributed by atoms with Crippen LogP contribution in [0.2, 0.25) is 0 Å². The van der Waals surface area contributed by atoms with Crippen LogP contribution < -0.4 is 5.73 Å². The van der Waals surface area contributed by atoms with Gasteiger partial charge < -0.3 is 10.3 Å². The van der Waals surface area contributed by atoms with Gasteiger partial charge in [0.05, 0.1) is 10.6 Å². The maximum absolute atomic E-state index is 6.10. The first-order valence-corrected chi connectivity index (χ1v) is 7.15. The molecule has 0 atom stereocenters. The number of nitrogen functional groups attached to an aromatic ring is 1.